The molecule has 0 spiro atoms. The predicted molar refractivity (Wildman–Crippen MR) is 83.1 cm³/mol. The molecule has 0 aliphatic carbocycles. The number of carbonyl (C=O) groups is 1. The number of rotatable bonds is 6. The van der Waals surface area contributed by atoms with Crippen molar-refractivity contribution in [1.29, 1.82) is 0 Å². The van der Waals surface area contributed by atoms with Crippen molar-refractivity contribution in [2.24, 2.45) is 0 Å². The molecule has 0 saturated heterocycles. The molecule has 8 heteroatoms. The minimum atomic E-state index is -1.03. The highest BCUT2D eigenvalue weighted by atomic mass is 32.2. The van der Waals surface area contributed by atoms with E-state index in [1.165, 1.54) is 23.1 Å². The van der Waals surface area contributed by atoms with Crippen molar-refractivity contribution in [1.82, 2.24) is 4.90 Å². The minimum absolute atomic E-state index is 0.112. The maximum atomic E-state index is 11.9. The van der Waals surface area contributed by atoms with E-state index in [0.717, 1.165) is 0 Å². The lowest BCUT2D eigenvalue weighted by Gasteiger charge is -2.14. The fraction of sp³-hybridized carbons (Fsp3) is 0.462. The first kappa shape index (κ1) is 17.1. The third-order valence-electron chi connectivity index (χ3n) is 2.99. The standard InChI is InChI=1S/C13H19N3O4S/c1-9(21(4)20)8-14-11-7-10(13(17)15(2)3)5-6-12(11)16(18)19/h5-7,9,14H,8H2,1-4H3. The molecule has 0 saturated carbocycles. The fourth-order valence-electron chi connectivity index (χ4n) is 1.60. The molecular weight excluding hydrogens is 294 g/mol. The van der Waals surface area contributed by atoms with Crippen molar-refractivity contribution in [3.8, 4) is 0 Å². The SMILES string of the molecule is CC(CNc1cc(C(=O)N(C)C)ccc1[N+](=O)[O-])S(C)=O. The summed E-state index contributed by atoms with van der Waals surface area (Å²) in [6.45, 7) is 2.10. The van der Waals surface area contributed by atoms with Gasteiger partial charge in [0.2, 0.25) is 0 Å². The van der Waals surface area contributed by atoms with Crippen molar-refractivity contribution < 1.29 is 13.9 Å². The van der Waals surface area contributed by atoms with Crippen molar-refractivity contribution in [3.05, 3.63) is 33.9 Å². The van der Waals surface area contributed by atoms with Gasteiger partial charge in [0.15, 0.2) is 0 Å². The Morgan fingerprint density at radius 3 is 2.57 bits per heavy atom. The first-order chi connectivity index (χ1) is 9.73. The van der Waals surface area contributed by atoms with E-state index in [1.807, 2.05) is 0 Å². The van der Waals surface area contributed by atoms with Crippen LogP contribution < -0.4 is 5.32 Å². The summed E-state index contributed by atoms with van der Waals surface area (Å²) in [6, 6.07) is 4.17. The average Bonchev–Trinajstić information content (AvgIpc) is 2.42. The Kier molecular flexibility index (Phi) is 5.83. The summed E-state index contributed by atoms with van der Waals surface area (Å²) in [5.74, 6) is -0.236. The van der Waals surface area contributed by atoms with E-state index < -0.39 is 15.7 Å². The molecule has 0 bridgehead atoms. The monoisotopic (exact) mass is 313 g/mol. The number of carbonyl (C=O) groups excluding carboxylic acids is 1. The smallest absolute Gasteiger partial charge is 0.292 e. The molecule has 7 nitrogen and oxygen atoms in total. The van der Waals surface area contributed by atoms with Gasteiger partial charge in [-0.15, -0.1) is 0 Å². The van der Waals surface area contributed by atoms with Crippen LogP contribution in [0.1, 0.15) is 17.3 Å². The zero-order valence-electron chi connectivity index (χ0n) is 12.5. The lowest BCUT2D eigenvalue weighted by atomic mass is 10.1. The van der Waals surface area contributed by atoms with Crippen molar-refractivity contribution in [2.75, 3.05) is 32.2 Å². The molecule has 1 aromatic carbocycles. The second-order valence-electron chi connectivity index (χ2n) is 4.88. The Morgan fingerprint density at radius 1 is 1.48 bits per heavy atom. The van der Waals surface area contributed by atoms with Gasteiger partial charge in [0, 0.05) is 54.6 Å². The third kappa shape index (κ3) is 4.52. The van der Waals surface area contributed by atoms with Gasteiger partial charge in [-0.2, -0.15) is 0 Å². The third-order valence-corrected chi connectivity index (χ3v) is 4.29. The molecule has 1 amide bonds. The van der Waals surface area contributed by atoms with E-state index in [2.05, 4.69) is 5.32 Å². The van der Waals surface area contributed by atoms with Gasteiger partial charge in [-0.05, 0) is 19.1 Å². The first-order valence-corrected chi connectivity index (χ1v) is 7.92. The molecule has 2 unspecified atom stereocenters. The van der Waals surface area contributed by atoms with Gasteiger partial charge < -0.3 is 10.2 Å². The number of nitro groups is 1. The van der Waals surface area contributed by atoms with Crippen LogP contribution in [0.25, 0.3) is 0 Å². The molecule has 116 valence electrons. The van der Waals surface area contributed by atoms with Crippen LogP contribution >= 0.6 is 0 Å². The molecule has 0 aliphatic heterocycles. The number of hydrogen-bond donors (Lipinski definition) is 1. The zero-order chi connectivity index (χ0) is 16.2. The van der Waals surface area contributed by atoms with E-state index in [0.29, 0.717) is 12.1 Å². The van der Waals surface area contributed by atoms with Crippen LogP contribution in [-0.2, 0) is 10.8 Å². The number of nitrogens with zero attached hydrogens (tertiary/aromatic N) is 2. The molecule has 1 aromatic rings. The van der Waals surface area contributed by atoms with Crippen LogP contribution in [0.5, 0.6) is 0 Å². The van der Waals surface area contributed by atoms with E-state index in [-0.39, 0.29) is 22.5 Å². The van der Waals surface area contributed by atoms with E-state index in [1.54, 1.807) is 27.3 Å². The number of hydrogen-bond acceptors (Lipinski definition) is 5. The number of benzene rings is 1. The number of amides is 1. The van der Waals surface area contributed by atoms with Crippen molar-refractivity contribution >= 4 is 28.1 Å². The molecule has 0 fully saturated rings. The number of nitro benzene ring substituents is 1. The second kappa shape index (κ2) is 7.16. The van der Waals surface area contributed by atoms with Gasteiger partial charge in [0.05, 0.1) is 4.92 Å². The van der Waals surface area contributed by atoms with Crippen LogP contribution in [0.15, 0.2) is 18.2 Å². The van der Waals surface area contributed by atoms with Crippen molar-refractivity contribution in [3.63, 3.8) is 0 Å². The van der Waals surface area contributed by atoms with Gasteiger partial charge in [-0.1, -0.05) is 0 Å². The van der Waals surface area contributed by atoms with Crippen LogP contribution in [0.2, 0.25) is 0 Å². The Balaban J connectivity index is 3.07. The number of nitrogens with one attached hydrogen (secondary N) is 1. The molecule has 21 heavy (non-hydrogen) atoms. The van der Waals surface area contributed by atoms with Gasteiger partial charge in [0.1, 0.15) is 5.69 Å². The summed E-state index contributed by atoms with van der Waals surface area (Å²) in [6.07, 6.45) is 1.58. The van der Waals surface area contributed by atoms with Crippen LogP contribution in [-0.4, -0.2) is 52.1 Å². The predicted octanol–water partition coefficient (Wildman–Crippen LogP) is 1.48. The summed E-state index contributed by atoms with van der Waals surface area (Å²) in [5.41, 5.74) is 0.503. The molecule has 1 N–H and O–H groups in total. The Bertz CT molecular complexity index is 575. The van der Waals surface area contributed by atoms with Crippen LogP contribution in [0.4, 0.5) is 11.4 Å². The van der Waals surface area contributed by atoms with Gasteiger partial charge in [0.25, 0.3) is 11.6 Å². The molecular formula is C13H19N3O4S. The van der Waals surface area contributed by atoms with E-state index >= 15 is 0 Å². The minimum Gasteiger partial charge on any atom is -0.378 e. The Labute approximate surface area is 125 Å². The summed E-state index contributed by atoms with van der Waals surface area (Å²) in [5, 5.41) is 13.8. The maximum Gasteiger partial charge on any atom is 0.292 e. The Morgan fingerprint density at radius 2 is 2.10 bits per heavy atom. The molecule has 2 atom stereocenters. The zero-order valence-corrected chi connectivity index (χ0v) is 13.3. The maximum absolute atomic E-state index is 11.9. The van der Waals surface area contributed by atoms with E-state index in [9.17, 15) is 19.1 Å². The highest BCUT2D eigenvalue weighted by molar-refractivity contribution is 7.84. The van der Waals surface area contributed by atoms with Crippen LogP contribution in [0, 0.1) is 10.1 Å². The highest BCUT2D eigenvalue weighted by Crippen LogP contribution is 2.26. The molecule has 0 heterocycles. The fourth-order valence-corrected chi connectivity index (χ4v) is 1.92. The van der Waals surface area contributed by atoms with Gasteiger partial charge >= 0.3 is 0 Å². The molecule has 0 radical (unpaired) electrons. The van der Waals surface area contributed by atoms with Crippen LogP contribution in [0.3, 0.4) is 0 Å². The lowest BCUT2D eigenvalue weighted by Crippen LogP contribution is -2.23. The number of anilines is 1. The normalized spacial score (nSPS) is 13.3. The largest absolute Gasteiger partial charge is 0.378 e. The summed E-state index contributed by atoms with van der Waals surface area (Å²) in [7, 11) is 2.19. The summed E-state index contributed by atoms with van der Waals surface area (Å²) < 4.78 is 11.3. The van der Waals surface area contributed by atoms with Gasteiger partial charge in [-0.3, -0.25) is 19.1 Å². The quantitative estimate of drug-likeness (QED) is 0.634. The Hall–Kier alpha value is -1.96. The molecule has 0 aromatic heterocycles. The second-order valence-corrected chi connectivity index (χ2v) is 6.68. The molecule has 0 aliphatic rings. The van der Waals surface area contributed by atoms with Crippen molar-refractivity contribution in [2.45, 2.75) is 12.2 Å². The average molecular weight is 313 g/mol. The summed E-state index contributed by atoms with van der Waals surface area (Å²) >= 11 is 0. The van der Waals surface area contributed by atoms with E-state index in [4.69, 9.17) is 0 Å². The van der Waals surface area contributed by atoms with Gasteiger partial charge in [-0.25, -0.2) is 0 Å². The first-order valence-electron chi connectivity index (χ1n) is 6.30. The molecule has 1 rings (SSSR count). The topological polar surface area (TPSA) is 92.6 Å². The summed E-state index contributed by atoms with van der Waals surface area (Å²) in [4.78, 5) is 23.8. The lowest BCUT2D eigenvalue weighted by molar-refractivity contribution is -0.384. The highest BCUT2D eigenvalue weighted by Gasteiger charge is 2.18.